The van der Waals surface area contributed by atoms with E-state index < -0.39 is 24.5 Å². The normalized spacial score (nSPS) is 16.4. The molecule has 0 saturated carbocycles. The molecule has 3 N–H and O–H groups in total. The summed E-state index contributed by atoms with van der Waals surface area (Å²) >= 11 is 4.75. The number of hydrogen-bond acceptors (Lipinski definition) is 4. The molecule has 0 amide bonds. The first-order chi connectivity index (χ1) is 7.28. The van der Waals surface area contributed by atoms with Crippen molar-refractivity contribution in [1.82, 2.24) is 0 Å². The van der Waals surface area contributed by atoms with Gasteiger partial charge in [-0.25, -0.2) is 4.79 Å². The van der Waals surface area contributed by atoms with Crippen molar-refractivity contribution in [3.8, 4) is 0 Å². The van der Waals surface area contributed by atoms with Gasteiger partial charge in [0.2, 0.25) is 0 Å². The zero-order valence-corrected chi connectivity index (χ0v) is 10.5. The lowest BCUT2D eigenvalue weighted by atomic mass is 10.2. The number of rotatable bonds is 8. The van der Waals surface area contributed by atoms with Gasteiger partial charge in [-0.05, 0) is 24.6 Å². The third-order valence-corrected chi connectivity index (χ3v) is 4.10. The van der Waals surface area contributed by atoms with E-state index in [1.165, 1.54) is 0 Å². The Morgan fingerprint density at radius 2 is 2.00 bits per heavy atom. The number of carbonyl (C=O) groups is 2. The van der Waals surface area contributed by atoms with Crippen LogP contribution in [0.25, 0.3) is 0 Å². The molecule has 16 heavy (non-hydrogen) atoms. The summed E-state index contributed by atoms with van der Waals surface area (Å²) in [6.07, 6.45) is -1.08. The summed E-state index contributed by atoms with van der Waals surface area (Å²) in [5.74, 6) is -2.42. The standard InChI is InChI=1S/C8H15O6PS/c1-2-5-15(13,16)14-6(8(11)12)3-4-7(9)10/h6H,2-5H2,1H3,(H,9,10)(H,11,12)(H,13,16). The Hall–Kier alpha value is -0.490. The Kier molecular flexibility index (Phi) is 6.74. The van der Waals surface area contributed by atoms with Gasteiger partial charge < -0.3 is 19.6 Å². The summed E-state index contributed by atoms with van der Waals surface area (Å²) in [5, 5.41) is 17.2. The first-order valence-corrected chi connectivity index (χ1v) is 7.59. The molecule has 0 spiro atoms. The van der Waals surface area contributed by atoms with Crippen LogP contribution < -0.4 is 0 Å². The smallest absolute Gasteiger partial charge is 0.333 e. The van der Waals surface area contributed by atoms with Crippen molar-refractivity contribution in [2.24, 2.45) is 0 Å². The molecule has 0 fully saturated rings. The van der Waals surface area contributed by atoms with E-state index in [1.54, 1.807) is 6.92 Å². The topological polar surface area (TPSA) is 104 Å². The van der Waals surface area contributed by atoms with Gasteiger partial charge in [-0.2, -0.15) is 0 Å². The molecule has 0 radical (unpaired) electrons. The second-order valence-electron chi connectivity index (χ2n) is 3.23. The highest BCUT2D eigenvalue weighted by molar-refractivity contribution is 8.09. The molecular weight excluding hydrogens is 255 g/mol. The van der Waals surface area contributed by atoms with Crippen LogP contribution in [0, 0.1) is 0 Å². The third kappa shape index (κ3) is 6.90. The second kappa shape index (κ2) is 6.96. The monoisotopic (exact) mass is 270 g/mol. The highest BCUT2D eigenvalue weighted by atomic mass is 32.5. The van der Waals surface area contributed by atoms with E-state index in [0.717, 1.165) is 0 Å². The maximum absolute atomic E-state index is 10.7. The molecule has 0 aliphatic heterocycles. The predicted molar refractivity (Wildman–Crippen MR) is 61.0 cm³/mol. The van der Waals surface area contributed by atoms with Crippen LogP contribution in [-0.4, -0.2) is 39.3 Å². The van der Waals surface area contributed by atoms with Crippen molar-refractivity contribution in [1.29, 1.82) is 0 Å². The summed E-state index contributed by atoms with van der Waals surface area (Å²) in [7, 11) is 0. The Bertz CT molecular complexity index is 305. The van der Waals surface area contributed by atoms with Gasteiger partial charge in [-0.15, -0.1) is 0 Å². The lowest BCUT2D eigenvalue weighted by Crippen LogP contribution is -2.24. The van der Waals surface area contributed by atoms with E-state index in [1.807, 2.05) is 0 Å². The quantitative estimate of drug-likeness (QED) is 0.566. The molecule has 0 heterocycles. The minimum Gasteiger partial charge on any atom is -0.481 e. The van der Waals surface area contributed by atoms with Crippen LogP contribution in [0.5, 0.6) is 0 Å². The van der Waals surface area contributed by atoms with Crippen molar-refractivity contribution >= 4 is 30.2 Å². The van der Waals surface area contributed by atoms with Crippen molar-refractivity contribution < 1.29 is 29.2 Å². The average Bonchev–Trinajstić information content (AvgIpc) is 2.11. The van der Waals surface area contributed by atoms with Gasteiger partial charge in [0.05, 0.1) is 0 Å². The number of carboxylic acid groups (broad SMARTS) is 2. The first kappa shape index (κ1) is 15.5. The van der Waals surface area contributed by atoms with E-state index in [-0.39, 0.29) is 19.0 Å². The fourth-order valence-electron chi connectivity index (χ4n) is 1.01. The van der Waals surface area contributed by atoms with Crippen molar-refractivity contribution in [3.63, 3.8) is 0 Å². The Morgan fingerprint density at radius 1 is 1.44 bits per heavy atom. The molecule has 0 aromatic heterocycles. The van der Waals surface area contributed by atoms with Crippen LogP contribution in [0.1, 0.15) is 26.2 Å². The van der Waals surface area contributed by atoms with Crippen LogP contribution in [-0.2, 0) is 25.9 Å². The highest BCUT2D eigenvalue weighted by Crippen LogP contribution is 2.44. The molecule has 0 bridgehead atoms. The summed E-state index contributed by atoms with van der Waals surface area (Å²) in [4.78, 5) is 30.6. The summed E-state index contributed by atoms with van der Waals surface area (Å²) in [6, 6.07) is 0. The maximum Gasteiger partial charge on any atom is 0.333 e. The van der Waals surface area contributed by atoms with Gasteiger partial charge in [-0.3, -0.25) is 4.79 Å². The van der Waals surface area contributed by atoms with Crippen molar-refractivity contribution in [3.05, 3.63) is 0 Å². The van der Waals surface area contributed by atoms with Crippen LogP contribution >= 0.6 is 6.49 Å². The Morgan fingerprint density at radius 3 is 2.38 bits per heavy atom. The van der Waals surface area contributed by atoms with E-state index in [2.05, 4.69) is 0 Å². The minimum atomic E-state index is -3.10. The summed E-state index contributed by atoms with van der Waals surface area (Å²) in [6.45, 7) is -1.32. The molecule has 0 aromatic carbocycles. The number of aliphatic carboxylic acids is 2. The van der Waals surface area contributed by atoms with Gasteiger partial charge in [-0.1, -0.05) is 6.92 Å². The molecule has 94 valence electrons. The summed E-state index contributed by atoms with van der Waals surface area (Å²) in [5.41, 5.74) is 0. The predicted octanol–water partition coefficient (Wildman–Crippen LogP) is 1.03. The Labute approximate surface area is 98.4 Å². The third-order valence-electron chi connectivity index (χ3n) is 1.69. The molecular formula is C8H15O6PS. The van der Waals surface area contributed by atoms with E-state index >= 15 is 0 Å². The van der Waals surface area contributed by atoms with Crippen molar-refractivity contribution in [2.75, 3.05) is 6.16 Å². The summed E-state index contributed by atoms with van der Waals surface area (Å²) < 4.78 is 4.91. The SMILES string of the molecule is CCCP(O)(=S)OC(CCC(=O)O)C(=O)O. The zero-order chi connectivity index (χ0) is 12.8. The maximum atomic E-state index is 10.7. The molecule has 0 saturated heterocycles. The van der Waals surface area contributed by atoms with Gasteiger partial charge in [0, 0.05) is 12.6 Å². The van der Waals surface area contributed by atoms with E-state index in [0.29, 0.717) is 6.42 Å². The van der Waals surface area contributed by atoms with Crippen molar-refractivity contribution in [2.45, 2.75) is 32.3 Å². The van der Waals surface area contributed by atoms with Crippen LogP contribution in [0.3, 0.4) is 0 Å². The fourth-order valence-corrected chi connectivity index (χ4v) is 3.13. The molecule has 0 aliphatic carbocycles. The molecule has 8 heteroatoms. The van der Waals surface area contributed by atoms with Crippen LogP contribution in [0.4, 0.5) is 0 Å². The number of carboxylic acids is 2. The average molecular weight is 270 g/mol. The Balaban J connectivity index is 4.39. The molecule has 6 nitrogen and oxygen atoms in total. The van der Waals surface area contributed by atoms with E-state index in [4.69, 9.17) is 26.5 Å². The molecule has 0 aliphatic rings. The van der Waals surface area contributed by atoms with Gasteiger partial charge >= 0.3 is 11.9 Å². The fraction of sp³-hybridized carbons (Fsp3) is 0.750. The largest absolute Gasteiger partial charge is 0.481 e. The van der Waals surface area contributed by atoms with Gasteiger partial charge in [0.25, 0.3) is 0 Å². The molecule has 2 unspecified atom stereocenters. The minimum absolute atomic E-state index is 0.201. The number of hydrogen-bond donors (Lipinski definition) is 3. The van der Waals surface area contributed by atoms with Crippen LogP contribution in [0.15, 0.2) is 0 Å². The zero-order valence-electron chi connectivity index (χ0n) is 8.83. The lowest BCUT2D eigenvalue weighted by molar-refractivity contribution is -0.146. The molecule has 2 atom stereocenters. The molecule has 0 rings (SSSR count). The highest BCUT2D eigenvalue weighted by Gasteiger charge is 2.26. The van der Waals surface area contributed by atoms with E-state index in [9.17, 15) is 14.5 Å². The lowest BCUT2D eigenvalue weighted by Gasteiger charge is -2.20. The second-order valence-corrected chi connectivity index (χ2v) is 6.87. The first-order valence-electron chi connectivity index (χ1n) is 4.73. The van der Waals surface area contributed by atoms with Gasteiger partial charge in [0.1, 0.15) is 0 Å². The molecule has 0 aromatic rings. The van der Waals surface area contributed by atoms with Crippen LogP contribution in [0.2, 0.25) is 0 Å². The van der Waals surface area contributed by atoms with Gasteiger partial charge in [0.15, 0.2) is 12.6 Å².